The van der Waals surface area contributed by atoms with Crippen LogP contribution < -0.4 is 5.32 Å². The lowest BCUT2D eigenvalue weighted by Crippen LogP contribution is -2.21. The molecule has 2 heterocycles. The quantitative estimate of drug-likeness (QED) is 0.860. The van der Waals surface area contributed by atoms with Gasteiger partial charge < -0.3 is 5.32 Å². The van der Waals surface area contributed by atoms with Crippen molar-refractivity contribution in [2.24, 2.45) is 0 Å². The molecule has 0 amide bonds. The SMILES string of the molecule is CCCn1ncnc1CC(NC)c1ccnc(C)c1. The van der Waals surface area contributed by atoms with Gasteiger partial charge in [0.2, 0.25) is 0 Å². The third-order valence-corrected chi connectivity index (χ3v) is 3.19. The monoisotopic (exact) mass is 259 g/mol. The molecular formula is C14H21N5. The highest BCUT2D eigenvalue weighted by Crippen LogP contribution is 2.17. The zero-order chi connectivity index (χ0) is 13.7. The zero-order valence-corrected chi connectivity index (χ0v) is 11.8. The van der Waals surface area contributed by atoms with Crippen LogP contribution in [0.3, 0.4) is 0 Å². The Hall–Kier alpha value is -1.75. The van der Waals surface area contributed by atoms with Crippen molar-refractivity contribution in [2.75, 3.05) is 7.05 Å². The molecule has 5 nitrogen and oxygen atoms in total. The molecule has 0 saturated carbocycles. The lowest BCUT2D eigenvalue weighted by Gasteiger charge is -2.17. The number of pyridine rings is 1. The summed E-state index contributed by atoms with van der Waals surface area (Å²) in [5.41, 5.74) is 2.27. The Bertz CT molecular complexity index is 520. The van der Waals surface area contributed by atoms with Crippen molar-refractivity contribution in [1.82, 2.24) is 25.1 Å². The summed E-state index contributed by atoms with van der Waals surface area (Å²) in [5.74, 6) is 1.02. The van der Waals surface area contributed by atoms with Crippen molar-refractivity contribution in [3.05, 3.63) is 41.7 Å². The van der Waals surface area contributed by atoms with Gasteiger partial charge in [0.05, 0.1) is 0 Å². The Morgan fingerprint density at radius 1 is 1.37 bits per heavy atom. The third-order valence-electron chi connectivity index (χ3n) is 3.19. The zero-order valence-electron chi connectivity index (χ0n) is 11.8. The van der Waals surface area contributed by atoms with E-state index in [2.05, 4.69) is 39.4 Å². The first-order chi connectivity index (χ1) is 9.24. The summed E-state index contributed by atoms with van der Waals surface area (Å²) in [7, 11) is 1.97. The Morgan fingerprint density at radius 2 is 2.21 bits per heavy atom. The molecule has 5 heteroatoms. The van der Waals surface area contributed by atoms with Crippen molar-refractivity contribution in [3.63, 3.8) is 0 Å². The summed E-state index contributed by atoms with van der Waals surface area (Å²) in [6, 6.07) is 4.40. The highest BCUT2D eigenvalue weighted by Gasteiger charge is 2.14. The van der Waals surface area contributed by atoms with E-state index in [4.69, 9.17) is 0 Å². The summed E-state index contributed by atoms with van der Waals surface area (Å²) in [4.78, 5) is 8.61. The molecular weight excluding hydrogens is 238 g/mol. The fraction of sp³-hybridized carbons (Fsp3) is 0.500. The van der Waals surface area contributed by atoms with Gasteiger partial charge in [-0.05, 0) is 38.1 Å². The molecule has 0 fully saturated rings. The van der Waals surface area contributed by atoms with Crippen LogP contribution in [0.1, 0.15) is 36.5 Å². The summed E-state index contributed by atoms with van der Waals surface area (Å²) < 4.78 is 1.98. The van der Waals surface area contributed by atoms with E-state index in [0.717, 1.165) is 30.9 Å². The fourth-order valence-electron chi connectivity index (χ4n) is 2.20. The first kappa shape index (κ1) is 13.7. The number of likely N-dealkylation sites (N-methyl/N-ethyl adjacent to an activating group) is 1. The number of hydrogen-bond donors (Lipinski definition) is 1. The van der Waals surface area contributed by atoms with Crippen LogP contribution in [0.4, 0.5) is 0 Å². The second-order valence-electron chi connectivity index (χ2n) is 4.68. The smallest absolute Gasteiger partial charge is 0.138 e. The lowest BCUT2D eigenvalue weighted by molar-refractivity contribution is 0.516. The van der Waals surface area contributed by atoms with E-state index in [1.165, 1.54) is 5.56 Å². The second-order valence-corrected chi connectivity index (χ2v) is 4.68. The number of aryl methyl sites for hydroxylation is 2. The van der Waals surface area contributed by atoms with E-state index in [1.807, 2.05) is 24.9 Å². The van der Waals surface area contributed by atoms with Gasteiger partial charge in [0, 0.05) is 30.9 Å². The Balaban J connectivity index is 2.17. The maximum atomic E-state index is 4.37. The largest absolute Gasteiger partial charge is 0.313 e. The minimum absolute atomic E-state index is 0.238. The van der Waals surface area contributed by atoms with Crippen LogP contribution in [0.2, 0.25) is 0 Å². The van der Waals surface area contributed by atoms with E-state index in [1.54, 1.807) is 6.33 Å². The molecule has 0 aliphatic rings. The van der Waals surface area contributed by atoms with Crippen molar-refractivity contribution >= 4 is 0 Å². The van der Waals surface area contributed by atoms with E-state index in [-0.39, 0.29) is 6.04 Å². The van der Waals surface area contributed by atoms with Gasteiger partial charge in [-0.2, -0.15) is 5.10 Å². The van der Waals surface area contributed by atoms with Crippen molar-refractivity contribution in [1.29, 1.82) is 0 Å². The summed E-state index contributed by atoms with van der Waals surface area (Å²) in [6.07, 6.45) is 5.39. The Labute approximate surface area is 114 Å². The molecule has 2 aromatic heterocycles. The lowest BCUT2D eigenvalue weighted by atomic mass is 10.0. The van der Waals surface area contributed by atoms with E-state index in [0.29, 0.717) is 0 Å². The predicted molar refractivity (Wildman–Crippen MR) is 74.8 cm³/mol. The second kappa shape index (κ2) is 6.43. The average Bonchev–Trinajstić information content (AvgIpc) is 2.84. The van der Waals surface area contributed by atoms with Crippen LogP contribution in [0.15, 0.2) is 24.7 Å². The van der Waals surface area contributed by atoms with Crippen LogP contribution in [0, 0.1) is 6.92 Å². The molecule has 0 bridgehead atoms. The van der Waals surface area contributed by atoms with Crippen molar-refractivity contribution in [2.45, 2.75) is 39.3 Å². The van der Waals surface area contributed by atoms with E-state index >= 15 is 0 Å². The van der Waals surface area contributed by atoms with Crippen LogP contribution >= 0.6 is 0 Å². The van der Waals surface area contributed by atoms with E-state index < -0.39 is 0 Å². The summed E-state index contributed by atoms with van der Waals surface area (Å²) in [5, 5.41) is 7.61. The topological polar surface area (TPSA) is 55.6 Å². The predicted octanol–water partition coefficient (Wildman–Crippen LogP) is 1.89. The first-order valence-corrected chi connectivity index (χ1v) is 6.71. The van der Waals surface area contributed by atoms with Crippen molar-refractivity contribution in [3.8, 4) is 0 Å². The molecule has 0 spiro atoms. The maximum Gasteiger partial charge on any atom is 0.138 e. The minimum atomic E-state index is 0.238. The molecule has 19 heavy (non-hydrogen) atoms. The van der Waals surface area contributed by atoms with Crippen LogP contribution in [-0.2, 0) is 13.0 Å². The van der Waals surface area contributed by atoms with E-state index in [9.17, 15) is 0 Å². The van der Waals surface area contributed by atoms with Gasteiger partial charge in [-0.15, -0.1) is 0 Å². The third kappa shape index (κ3) is 3.38. The number of hydrogen-bond acceptors (Lipinski definition) is 4. The number of nitrogens with one attached hydrogen (secondary N) is 1. The van der Waals surface area contributed by atoms with Crippen molar-refractivity contribution < 1.29 is 0 Å². The molecule has 0 aromatic carbocycles. The van der Waals surface area contributed by atoms with Gasteiger partial charge in [0.25, 0.3) is 0 Å². The molecule has 1 unspecified atom stereocenters. The average molecular weight is 259 g/mol. The van der Waals surface area contributed by atoms with Gasteiger partial charge in [-0.25, -0.2) is 4.98 Å². The molecule has 0 aliphatic carbocycles. The Kier molecular flexibility index (Phi) is 4.63. The number of rotatable bonds is 6. The standard InChI is InChI=1S/C14H21N5/c1-4-7-19-14(17-10-18-19)9-13(15-3)12-5-6-16-11(2)8-12/h5-6,8,10,13,15H,4,7,9H2,1-3H3. The first-order valence-electron chi connectivity index (χ1n) is 6.71. The molecule has 0 radical (unpaired) electrons. The van der Waals surface area contributed by atoms with Gasteiger partial charge >= 0.3 is 0 Å². The molecule has 0 aliphatic heterocycles. The van der Waals surface area contributed by atoms with Crippen LogP contribution in [0.25, 0.3) is 0 Å². The number of aromatic nitrogens is 4. The summed E-state index contributed by atoms with van der Waals surface area (Å²) in [6.45, 7) is 5.07. The molecule has 2 rings (SSSR count). The highest BCUT2D eigenvalue weighted by molar-refractivity contribution is 5.20. The minimum Gasteiger partial charge on any atom is -0.313 e. The Morgan fingerprint density at radius 3 is 2.89 bits per heavy atom. The summed E-state index contributed by atoms with van der Waals surface area (Å²) >= 11 is 0. The van der Waals surface area contributed by atoms with Crippen LogP contribution in [0.5, 0.6) is 0 Å². The molecule has 1 N–H and O–H groups in total. The van der Waals surface area contributed by atoms with Crippen LogP contribution in [-0.4, -0.2) is 26.8 Å². The fourth-order valence-corrected chi connectivity index (χ4v) is 2.20. The maximum absolute atomic E-state index is 4.37. The van der Waals surface area contributed by atoms with Gasteiger partial charge in [0.15, 0.2) is 0 Å². The molecule has 102 valence electrons. The van der Waals surface area contributed by atoms with Gasteiger partial charge in [-0.3, -0.25) is 9.67 Å². The molecule has 1 atom stereocenters. The molecule has 2 aromatic rings. The normalized spacial score (nSPS) is 12.6. The van der Waals surface area contributed by atoms with Gasteiger partial charge in [0.1, 0.15) is 12.2 Å². The highest BCUT2D eigenvalue weighted by atomic mass is 15.3. The van der Waals surface area contributed by atoms with Gasteiger partial charge in [-0.1, -0.05) is 6.92 Å². The molecule has 0 saturated heterocycles. The number of nitrogens with zero attached hydrogens (tertiary/aromatic N) is 4.